The Kier molecular flexibility index (Phi) is 17.1. The number of carbonyl (C=O) groups excluding carboxylic acids is 4. The number of carbonyl (C=O) groups is 4. The van der Waals surface area contributed by atoms with Crippen molar-refractivity contribution in [2.24, 2.45) is 23.3 Å². The van der Waals surface area contributed by atoms with Gasteiger partial charge in [-0.15, -0.1) is 0 Å². The van der Waals surface area contributed by atoms with Crippen LogP contribution >= 0.6 is 0 Å². The fraction of sp³-hybridized carbons (Fsp3) is 0.458. The average Bonchev–Trinajstić information content (AvgIpc) is 3.38. The minimum absolute atomic E-state index is 0.00120. The Morgan fingerprint density at radius 1 is 0.500 bits per heavy atom. The fourth-order valence-corrected chi connectivity index (χ4v) is 12.8. The molecule has 20 heteroatoms. The third kappa shape index (κ3) is 12.1. The monoisotopic (exact) mass is 970 g/mol. The number of piperazine rings is 2. The molecule has 8 rings (SSSR count). The highest BCUT2D eigenvalue weighted by Crippen LogP contribution is 2.33. The van der Waals surface area contributed by atoms with Crippen molar-refractivity contribution in [3.8, 4) is 0 Å². The molecule has 0 unspecified atom stereocenters. The smallest absolute Gasteiger partial charge is 0.244 e. The first kappa shape index (κ1) is 50.2. The van der Waals surface area contributed by atoms with Crippen LogP contribution in [0.15, 0.2) is 120 Å². The first-order valence-electron chi connectivity index (χ1n) is 23.3. The summed E-state index contributed by atoms with van der Waals surface area (Å²) in [6, 6.07) is 22.6. The molecule has 18 nitrogen and oxygen atoms in total. The maximum atomic E-state index is 13.3. The van der Waals surface area contributed by atoms with Crippen LogP contribution in [-0.2, 0) is 39.2 Å². The molecule has 2 aliphatic heterocycles. The Morgan fingerprint density at radius 2 is 0.853 bits per heavy atom. The summed E-state index contributed by atoms with van der Waals surface area (Å²) in [5.41, 5.74) is 12.5. The fourth-order valence-electron chi connectivity index (χ4n) is 9.98. The molecular formula is C48H62N10O8S2. The number of sulfonamides is 2. The average molecular weight is 971 g/mol. The predicted octanol–water partition coefficient (Wildman–Crippen LogP) is 2.58. The number of nitrogens with one attached hydrogen (secondary N) is 2. The lowest BCUT2D eigenvalue weighted by Gasteiger charge is -2.43. The highest BCUT2D eigenvalue weighted by Gasteiger charge is 2.41. The van der Waals surface area contributed by atoms with Gasteiger partial charge in [0.1, 0.15) is 21.9 Å². The summed E-state index contributed by atoms with van der Waals surface area (Å²) < 4.78 is 54.7. The van der Waals surface area contributed by atoms with Crippen molar-refractivity contribution in [3.63, 3.8) is 0 Å². The van der Waals surface area contributed by atoms with Crippen molar-refractivity contribution in [1.82, 2.24) is 39.0 Å². The summed E-state index contributed by atoms with van der Waals surface area (Å²) in [6.07, 6.45) is 12.9. The molecule has 6 N–H and O–H groups in total. The number of nitrogens with two attached hydrogens (primary N) is 2. The van der Waals surface area contributed by atoms with E-state index in [1.165, 1.54) is 21.0 Å². The second-order valence-electron chi connectivity index (χ2n) is 17.7. The largest absolute Gasteiger partial charge is 0.368 e. The minimum atomic E-state index is -3.59. The van der Waals surface area contributed by atoms with Gasteiger partial charge in [-0.1, -0.05) is 86.3 Å². The molecule has 4 fully saturated rings. The van der Waals surface area contributed by atoms with E-state index in [0.717, 1.165) is 51.4 Å². The number of nitrogens with zero attached hydrogens (tertiary/aromatic N) is 6. The van der Waals surface area contributed by atoms with Gasteiger partial charge in [0.15, 0.2) is 0 Å². The van der Waals surface area contributed by atoms with E-state index < -0.39 is 43.9 Å². The number of benzene rings is 2. The maximum Gasteiger partial charge on any atom is 0.244 e. The highest BCUT2D eigenvalue weighted by atomic mass is 32.2. The van der Waals surface area contributed by atoms with Crippen molar-refractivity contribution in [3.05, 3.63) is 121 Å². The lowest BCUT2D eigenvalue weighted by atomic mass is 9.82. The Hall–Kier alpha value is -5.64. The van der Waals surface area contributed by atoms with Crippen LogP contribution in [0.1, 0.15) is 74.6 Å². The molecule has 2 saturated heterocycles. The van der Waals surface area contributed by atoms with E-state index >= 15 is 0 Å². The van der Waals surface area contributed by atoms with E-state index in [-0.39, 0.29) is 45.5 Å². The van der Waals surface area contributed by atoms with E-state index in [9.17, 15) is 36.0 Å². The van der Waals surface area contributed by atoms with Crippen molar-refractivity contribution in [2.45, 2.75) is 85.3 Å². The van der Waals surface area contributed by atoms with Gasteiger partial charge in [-0.25, -0.2) is 16.8 Å². The van der Waals surface area contributed by atoms with Crippen molar-refractivity contribution in [2.75, 3.05) is 52.4 Å². The van der Waals surface area contributed by atoms with E-state index in [4.69, 9.17) is 11.5 Å². The molecule has 364 valence electrons. The molecule has 2 aromatic carbocycles. The van der Waals surface area contributed by atoms with E-state index in [1.54, 1.807) is 85.2 Å². The first-order chi connectivity index (χ1) is 32.8. The van der Waals surface area contributed by atoms with Crippen molar-refractivity contribution < 1.29 is 36.0 Å². The number of amides is 4. The third-order valence-electron chi connectivity index (χ3n) is 13.6. The van der Waals surface area contributed by atoms with Crippen LogP contribution in [0.25, 0.3) is 0 Å². The summed E-state index contributed by atoms with van der Waals surface area (Å²) in [5, 5.41) is 5.75. The molecule has 0 radical (unpaired) electrons. The molecule has 4 heterocycles. The van der Waals surface area contributed by atoms with Crippen LogP contribution in [0, 0.1) is 11.8 Å². The molecule has 2 saturated carbocycles. The molecule has 0 bridgehead atoms. The van der Waals surface area contributed by atoms with Gasteiger partial charge in [-0.05, 0) is 61.1 Å². The van der Waals surface area contributed by atoms with Crippen LogP contribution in [0.4, 0.5) is 0 Å². The van der Waals surface area contributed by atoms with Gasteiger partial charge < -0.3 is 22.1 Å². The summed E-state index contributed by atoms with van der Waals surface area (Å²) in [4.78, 5) is 63.4. The van der Waals surface area contributed by atoms with Crippen LogP contribution in [-0.4, -0.2) is 133 Å². The number of hydrogen-bond donors (Lipinski definition) is 4. The molecule has 2 aromatic heterocycles. The zero-order valence-electron chi connectivity index (χ0n) is 38.1. The summed E-state index contributed by atoms with van der Waals surface area (Å²) in [6.45, 7) is 3.62. The maximum absolute atomic E-state index is 13.3. The molecule has 4 aromatic rings. The standard InChI is InChI=1S/2C24H31N5O4S/c2*25-23(30)22(18-7-2-1-3-8-18)27-24(31)20-10-4-5-11-21(20)28-13-15-29(16-14-28)34(32,33)19-9-6-12-26-17-19/h2*1-3,6-9,12,17,20-22H,4-5,10-11,13-16H2,(H2,25,30)(H,27,31)/t20-,21-,22+;20-,21-,22-/m10/s1. The molecular weight excluding hydrogens is 909 g/mol. The van der Waals surface area contributed by atoms with Gasteiger partial charge in [0.2, 0.25) is 43.7 Å². The molecule has 68 heavy (non-hydrogen) atoms. The van der Waals surface area contributed by atoms with E-state index in [1.807, 2.05) is 12.1 Å². The zero-order chi connectivity index (χ0) is 48.3. The van der Waals surface area contributed by atoms with Gasteiger partial charge in [0.25, 0.3) is 0 Å². The zero-order valence-corrected chi connectivity index (χ0v) is 39.7. The van der Waals surface area contributed by atoms with Gasteiger partial charge in [-0.3, -0.25) is 38.9 Å². The molecule has 6 atom stereocenters. The normalized spacial score (nSPS) is 23.2. The number of rotatable bonds is 14. The Morgan fingerprint density at radius 3 is 1.18 bits per heavy atom. The summed E-state index contributed by atoms with van der Waals surface area (Å²) >= 11 is 0. The number of primary amides is 2. The van der Waals surface area contributed by atoms with Crippen molar-refractivity contribution >= 4 is 43.7 Å². The number of aromatic nitrogens is 2. The topological polar surface area (TPSA) is 251 Å². The van der Waals surface area contributed by atoms with Crippen LogP contribution in [0.3, 0.4) is 0 Å². The van der Waals surface area contributed by atoms with E-state index in [2.05, 4.69) is 30.4 Å². The summed E-state index contributed by atoms with van der Waals surface area (Å²) in [7, 11) is -7.18. The third-order valence-corrected chi connectivity index (χ3v) is 17.3. The Bertz CT molecular complexity index is 2350. The molecule has 2 aliphatic carbocycles. The van der Waals surface area contributed by atoms with E-state index in [0.29, 0.717) is 63.5 Å². The SMILES string of the molecule is NC(=O)[C@@H](NC(=O)[C@@H]1CCCC[C@H]1N1CCN(S(=O)(=O)c2cccnc2)CC1)c1ccccc1.NC(=O)[C@@H](NC(=O)[C@H]1CCCC[C@@H]1N1CCN(S(=O)(=O)c2cccnc2)CC1)c1ccccc1. The minimum Gasteiger partial charge on any atom is -0.368 e. The van der Waals surface area contributed by atoms with Gasteiger partial charge in [-0.2, -0.15) is 8.61 Å². The second-order valence-corrected chi connectivity index (χ2v) is 21.6. The predicted molar refractivity (Wildman–Crippen MR) is 254 cm³/mol. The highest BCUT2D eigenvalue weighted by molar-refractivity contribution is 7.89. The lowest BCUT2D eigenvalue weighted by Crippen LogP contribution is -2.56. The van der Waals surface area contributed by atoms with Gasteiger partial charge in [0, 0.05) is 89.2 Å². The van der Waals surface area contributed by atoms with Gasteiger partial charge in [0.05, 0.1) is 11.8 Å². The molecule has 0 spiro atoms. The Labute approximate surface area is 398 Å². The van der Waals surface area contributed by atoms with Crippen LogP contribution in [0.2, 0.25) is 0 Å². The number of hydrogen-bond acceptors (Lipinski definition) is 12. The first-order valence-corrected chi connectivity index (χ1v) is 26.2. The summed E-state index contributed by atoms with van der Waals surface area (Å²) in [5.74, 6) is -2.10. The van der Waals surface area contributed by atoms with Crippen molar-refractivity contribution in [1.29, 1.82) is 0 Å². The molecule has 4 aliphatic rings. The lowest BCUT2D eigenvalue weighted by molar-refractivity contribution is -0.133. The van der Waals surface area contributed by atoms with Gasteiger partial charge >= 0.3 is 0 Å². The second kappa shape index (κ2) is 23.1. The van der Waals surface area contributed by atoms with Crippen LogP contribution < -0.4 is 22.1 Å². The molecule has 4 amide bonds. The quantitative estimate of drug-likeness (QED) is 0.142. The number of pyridine rings is 2. The van der Waals surface area contributed by atoms with Crippen LogP contribution in [0.5, 0.6) is 0 Å². The Balaban J connectivity index is 0.000000201.